The molecule has 0 saturated heterocycles. The van der Waals surface area contributed by atoms with Crippen LogP contribution in [0.3, 0.4) is 0 Å². The van der Waals surface area contributed by atoms with Crippen molar-refractivity contribution in [3.8, 4) is 11.5 Å². The smallest absolute Gasteiger partial charge is 0.337 e. The van der Waals surface area contributed by atoms with Crippen molar-refractivity contribution < 1.29 is 14.3 Å². The molecule has 0 aliphatic carbocycles. The van der Waals surface area contributed by atoms with E-state index >= 15 is 0 Å². The lowest BCUT2D eigenvalue weighted by molar-refractivity contribution is 0.0600. The molecule has 0 saturated carbocycles. The number of hydrogen-bond acceptors (Lipinski definition) is 3. The fraction of sp³-hybridized carbons (Fsp3) is 0.133. The van der Waals surface area contributed by atoms with Crippen molar-refractivity contribution in [3.63, 3.8) is 0 Å². The second-order valence-electron chi connectivity index (χ2n) is 3.81. The van der Waals surface area contributed by atoms with E-state index in [0.717, 1.165) is 11.3 Å². The maximum Gasteiger partial charge on any atom is 0.337 e. The van der Waals surface area contributed by atoms with Crippen LogP contribution < -0.4 is 4.74 Å². The Bertz CT molecular complexity index is 561. The average Bonchev–Trinajstić information content (AvgIpc) is 2.41. The minimum atomic E-state index is -0.376. The molecule has 0 N–H and O–H groups in total. The van der Waals surface area contributed by atoms with Crippen LogP contribution in [0.1, 0.15) is 15.9 Å². The minimum Gasteiger partial charge on any atom is -0.465 e. The van der Waals surface area contributed by atoms with Crippen LogP contribution in [-0.4, -0.2) is 13.1 Å². The van der Waals surface area contributed by atoms with Crippen LogP contribution in [-0.2, 0) is 4.74 Å². The van der Waals surface area contributed by atoms with E-state index in [0.29, 0.717) is 11.3 Å². The predicted molar refractivity (Wildman–Crippen MR) is 67.9 cm³/mol. The molecule has 3 heteroatoms. The van der Waals surface area contributed by atoms with Gasteiger partial charge in [0.2, 0.25) is 0 Å². The summed E-state index contributed by atoms with van der Waals surface area (Å²) in [4.78, 5) is 11.4. The molecule has 0 fully saturated rings. The molecule has 3 nitrogen and oxygen atoms in total. The zero-order valence-electron chi connectivity index (χ0n) is 10.3. The zero-order valence-corrected chi connectivity index (χ0v) is 10.3. The van der Waals surface area contributed by atoms with Gasteiger partial charge in [-0.05, 0) is 48.9 Å². The van der Waals surface area contributed by atoms with Gasteiger partial charge in [0.25, 0.3) is 0 Å². The predicted octanol–water partition coefficient (Wildman–Crippen LogP) is 3.37. The highest BCUT2D eigenvalue weighted by Gasteiger charge is 2.07. The third-order valence-electron chi connectivity index (χ3n) is 2.50. The number of benzene rings is 2. The summed E-state index contributed by atoms with van der Waals surface area (Å²) in [5.74, 6) is 0.974. The van der Waals surface area contributed by atoms with Crippen molar-refractivity contribution in [3.05, 3.63) is 59.7 Å². The number of hydrogen-bond donors (Lipinski definition) is 0. The Morgan fingerprint density at radius 3 is 2.83 bits per heavy atom. The summed E-state index contributed by atoms with van der Waals surface area (Å²) in [6.07, 6.45) is 0. The van der Waals surface area contributed by atoms with E-state index in [2.05, 4.69) is 10.8 Å². The van der Waals surface area contributed by atoms with E-state index < -0.39 is 0 Å². The van der Waals surface area contributed by atoms with Crippen molar-refractivity contribution in [2.45, 2.75) is 6.92 Å². The molecule has 0 aromatic heterocycles. The van der Waals surface area contributed by atoms with Crippen molar-refractivity contribution in [2.24, 2.45) is 0 Å². The first kappa shape index (κ1) is 12.2. The number of carbonyl (C=O) groups is 1. The summed E-state index contributed by atoms with van der Waals surface area (Å²) in [6, 6.07) is 15.3. The first-order valence-corrected chi connectivity index (χ1v) is 5.53. The van der Waals surface area contributed by atoms with Crippen LogP contribution in [0.5, 0.6) is 11.5 Å². The molecular weight excluding hydrogens is 228 g/mol. The van der Waals surface area contributed by atoms with E-state index in [1.807, 2.05) is 19.1 Å². The van der Waals surface area contributed by atoms with Gasteiger partial charge in [-0.2, -0.15) is 0 Å². The molecule has 18 heavy (non-hydrogen) atoms. The summed E-state index contributed by atoms with van der Waals surface area (Å²) in [6.45, 7) is 1.94. The largest absolute Gasteiger partial charge is 0.465 e. The summed E-state index contributed by atoms with van der Waals surface area (Å²) in [5, 5.41) is 0. The molecule has 2 rings (SSSR count). The summed E-state index contributed by atoms with van der Waals surface area (Å²) >= 11 is 0. The Labute approximate surface area is 106 Å². The maximum atomic E-state index is 11.4. The van der Waals surface area contributed by atoms with Crippen LogP contribution in [0.2, 0.25) is 0 Å². The second kappa shape index (κ2) is 5.36. The Hall–Kier alpha value is -2.29. The number of carbonyl (C=O) groups excluding carboxylic acids is 1. The fourth-order valence-corrected chi connectivity index (χ4v) is 1.55. The molecule has 91 valence electrons. The van der Waals surface area contributed by atoms with Gasteiger partial charge in [-0.15, -0.1) is 0 Å². The van der Waals surface area contributed by atoms with Crippen LogP contribution in [0.15, 0.2) is 42.5 Å². The first-order chi connectivity index (χ1) is 8.70. The third-order valence-corrected chi connectivity index (χ3v) is 2.50. The second-order valence-corrected chi connectivity index (χ2v) is 3.81. The zero-order chi connectivity index (χ0) is 13.0. The highest BCUT2D eigenvalue weighted by atomic mass is 16.5. The van der Waals surface area contributed by atoms with Gasteiger partial charge in [-0.25, -0.2) is 4.79 Å². The van der Waals surface area contributed by atoms with Crippen molar-refractivity contribution in [2.75, 3.05) is 7.11 Å². The number of ether oxygens (including phenoxy) is 2. The van der Waals surface area contributed by atoms with Gasteiger partial charge in [0.15, 0.2) is 0 Å². The van der Waals surface area contributed by atoms with E-state index in [-0.39, 0.29) is 5.97 Å². The van der Waals surface area contributed by atoms with Crippen LogP contribution in [0.25, 0.3) is 0 Å². The topological polar surface area (TPSA) is 35.5 Å². The molecule has 0 aliphatic heterocycles. The van der Waals surface area contributed by atoms with Crippen LogP contribution >= 0.6 is 0 Å². The van der Waals surface area contributed by atoms with Crippen molar-refractivity contribution in [1.29, 1.82) is 0 Å². The van der Waals surface area contributed by atoms with E-state index in [9.17, 15) is 4.79 Å². The van der Waals surface area contributed by atoms with Gasteiger partial charge in [-0.3, -0.25) is 0 Å². The van der Waals surface area contributed by atoms with Gasteiger partial charge in [0.05, 0.1) is 12.7 Å². The SMILES string of the molecule is COC(=O)c1cccc(Oc2cc[c]cc2C)c1. The molecule has 2 aromatic rings. The molecule has 1 radical (unpaired) electrons. The molecular formula is C15H13O3. The molecule has 0 spiro atoms. The van der Waals surface area contributed by atoms with Gasteiger partial charge in [-0.1, -0.05) is 12.1 Å². The maximum absolute atomic E-state index is 11.4. The van der Waals surface area contributed by atoms with Crippen molar-refractivity contribution in [1.82, 2.24) is 0 Å². The number of esters is 1. The summed E-state index contributed by atoms with van der Waals surface area (Å²) < 4.78 is 10.4. The fourth-order valence-electron chi connectivity index (χ4n) is 1.55. The van der Waals surface area contributed by atoms with E-state index in [1.54, 1.807) is 30.3 Å². The van der Waals surface area contributed by atoms with Crippen LogP contribution in [0, 0.1) is 13.0 Å². The minimum absolute atomic E-state index is 0.376. The van der Waals surface area contributed by atoms with Gasteiger partial charge in [0.1, 0.15) is 11.5 Å². The lowest BCUT2D eigenvalue weighted by Crippen LogP contribution is -2.00. The van der Waals surface area contributed by atoms with Gasteiger partial charge >= 0.3 is 5.97 Å². The Kier molecular flexibility index (Phi) is 3.63. The molecule has 0 bridgehead atoms. The molecule has 0 heterocycles. The standard InChI is InChI=1S/C15H13O3/c1-11-6-3-4-9-14(11)18-13-8-5-7-12(10-13)15(16)17-2/h4-10H,1-2H3. The highest BCUT2D eigenvalue weighted by Crippen LogP contribution is 2.25. The Balaban J connectivity index is 2.25. The molecule has 0 amide bonds. The van der Waals surface area contributed by atoms with E-state index in [4.69, 9.17) is 4.74 Å². The summed E-state index contributed by atoms with van der Waals surface area (Å²) in [5.41, 5.74) is 1.45. The number of aryl methyl sites for hydroxylation is 1. The monoisotopic (exact) mass is 241 g/mol. The van der Waals surface area contributed by atoms with Crippen molar-refractivity contribution >= 4 is 5.97 Å². The van der Waals surface area contributed by atoms with E-state index in [1.165, 1.54) is 7.11 Å². The van der Waals surface area contributed by atoms with Gasteiger partial charge in [0, 0.05) is 0 Å². The quantitative estimate of drug-likeness (QED) is 0.773. The Morgan fingerprint density at radius 1 is 1.28 bits per heavy atom. The Morgan fingerprint density at radius 2 is 2.11 bits per heavy atom. The average molecular weight is 241 g/mol. The lowest BCUT2D eigenvalue weighted by atomic mass is 10.2. The third kappa shape index (κ3) is 2.69. The molecule has 0 unspecified atom stereocenters. The first-order valence-electron chi connectivity index (χ1n) is 5.53. The molecule has 0 atom stereocenters. The number of methoxy groups -OCH3 is 1. The lowest BCUT2D eigenvalue weighted by Gasteiger charge is -2.09. The molecule has 2 aromatic carbocycles. The molecule has 0 aliphatic rings. The van der Waals surface area contributed by atoms with Gasteiger partial charge < -0.3 is 9.47 Å². The normalized spacial score (nSPS) is 9.89. The highest BCUT2D eigenvalue weighted by molar-refractivity contribution is 5.89. The van der Waals surface area contributed by atoms with Crippen LogP contribution in [0.4, 0.5) is 0 Å². The summed E-state index contributed by atoms with van der Waals surface area (Å²) in [7, 11) is 1.35. The number of rotatable bonds is 3.